The lowest BCUT2D eigenvalue weighted by Gasteiger charge is -2.13. The van der Waals surface area contributed by atoms with Crippen molar-refractivity contribution in [1.29, 1.82) is 0 Å². The van der Waals surface area contributed by atoms with Gasteiger partial charge in [0.1, 0.15) is 0 Å². The Hall–Kier alpha value is -2.94. The van der Waals surface area contributed by atoms with Crippen LogP contribution in [0.3, 0.4) is 0 Å². The summed E-state index contributed by atoms with van der Waals surface area (Å²) in [4.78, 5) is 22.5. The molecule has 0 radical (unpaired) electrons. The molecule has 28 heavy (non-hydrogen) atoms. The first kappa shape index (κ1) is 21.4. The van der Waals surface area contributed by atoms with Crippen LogP contribution < -0.4 is 14.9 Å². The minimum absolute atomic E-state index is 0.0987. The van der Waals surface area contributed by atoms with Crippen LogP contribution in [0.4, 0.5) is 5.69 Å². The van der Waals surface area contributed by atoms with Crippen LogP contribution in [-0.2, 0) is 11.2 Å². The SMILES string of the molecule is CCOc1cc(C=NNC(=O)Cc2ccccc2[N+](=O)[O-])cc(Br)c1OCC. The molecule has 0 unspecified atom stereocenters. The molecule has 0 fully saturated rings. The second-order valence-electron chi connectivity index (χ2n) is 5.55. The van der Waals surface area contributed by atoms with Gasteiger partial charge in [-0.15, -0.1) is 0 Å². The molecule has 0 bridgehead atoms. The number of carbonyl (C=O) groups is 1. The van der Waals surface area contributed by atoms with E-state index in [0.29, 0.717) is 40.3 Å². The quantitative estimate of drug-likeness (QED) is 0.355. The molecule has 1 amide bonds. The molecule has 148 valence electrons. The third kappa shape index (κ3) is 5.78. The first-order valence-corrected chi connectivity index (χ1v) is 9.38. The molecule has 0 aromatic heterocycles. The lowest BCUT2D eigenvalue weighted by Crippen LogP contribution is -2.20. The first-order chi connectivity index (χ1) is 13.5. The Morgan fingerprint density at radius 1 is 1.25 bits per heavy atom. The highest BCUT2D eigenvalue weighted by Crippen LogP contribution is 2.36. The normalized spacial score (nSPS) is 10.7. The molecule has 0 atom stereocenters. The maximum Gasteiger partial charge on any atom is 0.273 e. The summed E-state index contributed by atoms with van der Waals surface area (Å²) in [6.07, 6.45) is 1.31. The number of carbonyl (C=O) groups excluding carboxylic acids is 1. The van der Waals surface area contributed by atoms with E-state index in [9.17, 15) is 14.9 Å². The van der Waals surface area contributed by atoms with E-state index in [1.807, 2.05) is 13.8 Å². The standard InChI is InChI=1S/C19H20BrN3O5/c1-3-27-17-10-13(9-15(20)19(17)28-4-2)12-21-22-18(24)11-14-7-5-6-8-16(14)23(25)26/h5-10,12H,3-4,11H2,1-2H3,(H,22,24). The smallest absolute Gasteiger partial charge is 0.273 e. The summed E-state index contributed by atoms with van der Waals surface area (Å²) in [5, 5.41) is 14.9. The van der Waals surface area contributed by atoms with Gasteiger partial charge in [-0.2, -0.15) is 5.10 Å². The minimum atomic E-state index is -0.515. The third-order valence-electron chi connectivity index (χ3n) is 3.56. The molecule has 0 aliphatic rings. The molecule has 2 aromatic rings. The second kappa shape index (κ2) is 10.4. The number of hydrogen-bond acceptors (Lipinski definition) is 6. The number of nitrogens with one attached hydrogen (secondary N) is 1. The molecule has 2 rings (SSSR count). The van der Waals surface area contributed by atoms with Crippen LogP contribution in [0.15, 0.2) is 46.0 Å². The molecule has 8 nitrogen and oxygen atoms in total. The Bertz CT molecular complexity index is 886. The number of amides is 1. The fourth-order valence-electron chi connectivity index (χ4n) is 2.44. The number of hydrazone groups is 1. The van der Waals surface area contributed by atoms with Gasteiger partial charge < -0.3 is 9.47 Å². The van der Waals surface area contributed by atoms with Gasteiger partial charge in [-0.1, -0.05) is 18.2 Å². The van der Waals surface area contributed by atoms with E-state index in [-0.39, 0.29) is 12.1 Å². The Labute approximate surface area is 170 Å². The summed E-state index contributed by atoms with van der Waals surface area (Å²) in [5.41, 5.74) is 3.29. The molecule has 1 N–H and O–H groups in total. The zero-order valence-electron chi connectivity index (χ0n) is 15.5. The van der Waals surface area contributed by atoms with E-state index in [0.717, 1.165) is 0 Å². The molecule has 0 saturated carbocycles. The van der Waals surface area contributed by atoms with Gasteiger partial charge in [-0.25, -0.2) is 5.43 Å². The summed E-state index contributed by atoms with van der Waals surface area (Å²) in [6, 6.07) is 9.63. The zero-order valence-corrected chi connectivity index (χ0v) is 17.1. The summed E-state index contributed by atoms with van der Waals surface area (Å²) in [5.74, 6) is 0.703. The van der Waals surface area contributed by atoms with Gasteiger partial charge in [0.2, 0.25) is 5.91 Å². The highest BCUT2D eigenvalue weighted by molar-refractivity contribution is 9.10. The number of halogens is 1. The fourth-order valence-corrected chi connectivity index (χ4v) is 3.01. The number of para-hydroxylation sites is 1. The zero-order chi connectivity index (χ0) is 20.5. The summed E-state index contributed by atoms with van der Waals surface area (Å²) >= 11 is 3.44. The van der Waals surface area contributed by atoms with Gasteiger partial charge in [-0.3, -0.25) is 14.9 Å². The van der Waals surface area contributed by atoms with Crippen molar-refractivity contribution in [3.63, 3.8) is 0 Å². The summed E-state index contributed by atoms with van der Waals surface area (Å²) in [6.45, 7) is 4.71. The number of ether oxygens (including phenoxy) is 2. The summed E-state index contributed by atoms with van der Waals surface area (Å²) in [7, 11) is 0. The molecule has 0 heterocycles. The Morgan fingerprint density at radius 2 is 1.96 bits per heavy atom. The van der Waals surface area contributed by atoms with Crippen molar-refractivity contribution in [2.24, 2.45) is 5.10 Å². The van der Waals surface area contributed by atoms with Crippen LogP contribution in [0.5, 0.6) is 11.5 Å². The minimum Gasteiger partial charge on any atom is -0.490 e. The van der Waals surface area contributed by atoms with Crippen molar-refractivity contribution in [3.8, 4) is 11.5 Å². The van der Waals surface area contributed by atoms with Crippen LogP contribution in [0.1, 0.15) is 25.0 Å². The van der Waals surface area contributed by atoms with Gasteiger partial charge in [0.15, 0.2) is 11.5 Å². The number of nitrogens with zero attached hydrogens (tertiary/aromatic N) is 2. The van der Waals surface area contributed by atoms with E-state index < -0.39 is 10.8 Å². The van der Waals surface area contributed by atoms with Crippen LogP contribution in [-0.4, -0.2) is 30.3 Å². The molecule has 0 aliphatic carbocycles. The molecule has 9 heteroatoms. The van der Waals surface area contributed by atoms with Crippen molar-refractivity contribution in [2.45, 2.75) is 20.3 Å². The van der Waals surface area contributed by atoms with Crippen molar-refractivity contribution in [3.05, 3.63) is 62.1 Å². The topological polar surface area (TPSA) is 103 Å². The average Bonchev–Trinajstić information content (AvgIpc) is 2.65. The molecule has 0 spiro atoms. The highest BCUT2D eigenvalue weighted by Gasteiger charge is 2.15. The molecule has 0 saturated heterocycles. The lowest BCUT2D eigenvalue weighted by atomic mass is 10.1. The highest BCUT2D eigenvalue weighted by atomic mass is 79.9. The van der Waals surface area contributed by atoms with Crippen LogP contribution >= 0.6 is 15.9 Å². The van der Waals surface area contributed by atoms with Crippen molar-refractivity contribution in [2.75, 3.05) is 13.2 Å². The fraction of sp³-hybridized carbons (Fsp3) is 0.263. The largest absolute Gasteiger partial charge is 0.490 e. The molecular weight excluding hydrogens is 430 g/mol. The number of benzene rings is 2. The Morgan fingerprint density at radius 3 is 2.64 bits per heavy atom. The number of rotatable bonds is 9. The Kier molecular flexibility index (Phi) is 7.94. The number of nitro benzene ring substituents is 1. The first-order valence-electron chi connectivity index (χ1n) is 8.59. The van der Waals surface area contributed by atoms with Crippen molar-refractivity contribution >= 4 is 33.7 Å². The maximum atomic E-state index is 12.1. The van der Waals surface area contributed by atoms with E-state index in [2.05, 4.69) is 26.5 Å². The van der Waals surface area contributed by atoms with Gasteiger partial charge in [0.05, 0.1) is 35.2 Å². The van der Waals surface area contributed by atoms with Crippen molar-refractivity contribution < 1.29 is 19.2 Å². The van der Waals surface area contributed by atoms with Crippen LogP contribution in [0.2, 0.25) is 0 Å². The number of hydrogen-bond donors (Lipinski definition) is 1. The maximum absolute atomic E-state index is 12.1. The van der Waals surface area contributed by atoms with Gasteiger partial charge in [-0.05, 0) is 47.5 Å². The van der Waals surface area contributed by atoms with Gasteiger partial charge >= 0.3 is 0 Å². The monoisotopic (exact) mass is 449 g/mol. The van der Waals surface area contributed by atoms with Gasteiger partial charge in [0, 0.05) is 11.6 Å². The predicted octanol–water partition coefficient (Wildman–Crippen LogP) is 3.85. The third-order valence-corrected chi connectivity index (χ3v) is 4.15. The summed E-state index contributed by atoms with van der Waals surface area (Å²) < 4.78 is 11.9. The van der Waals surface area contributed by atoms with Crippen LogP contribution in [0.25, 0.3) is 0 Å². The molecule has 2 aromatic carbocycles. The Balaban J connectivity index is 2.08. The lowest BCUT2D eigenvalue weighted by molar-refractivity contribution is -0.385. The molecular formula is C19H20BrN3O5. The average molecular weight is 450 g/mol. The number of nitro groups is 1. The van der Waals surface area contributed by atoms with E-state index in [1.54, 1.807) is 30.3 Å². The van der Waals surface area contributed by atoms with Gasteiger partial charge in [0.25, 0.3) is 5.69 Å². The van der Waals surface area contributed by atoms with Crippen LogP contribution in [0, 0.1) is 10.1 Å². The van der Waals surface area contributed by atoms with E-state index in [1.165, 1.54) is 12.3 Å². The second-order valence-corrected chi connectivity index (χ2v) is 6.41. The predicted molar refractivity (Wildman–Crippen MR) is 109 cm³/mol. The van der Waals surface area contributed by atoms with E-state index in [4.69, 9.17) is 9.47 Å². The van der Waals surface area contributed by atoms with Crippen molar-refractivity contribution in [1.82, 2.24) is 5.43 Å². The van der Waals surface area contributed by atoms with E-state index >= 15 is 0 Å². The molecule has 0 aliphatic heterocycles.